The minimum Gasteiger partial charge on any atom is -0.378 e. The third kappa shape index (κ3) is 3.22. The van der Waals surface area contributed by atoms with Crippen LogP contribution >= 0.6 is 0 Å². The molecule has 3 aliphatic rings. The van der Waals surface area contributed by atoms with Crippen molar-refractivity contribution in [2.75, 3.05) is 45.9 Å². The molecule has 1 atom stereocenters. The number of nitrogens with zero attached hydrogens (tertiary/aromatic N) is 2. The molecule has 2 fully saturated rings. The lowest BCUT2D eigenvalue weighted by Gasteiger charge is -2.40. The first kappa shape index (κ1) is 17.0. The number of rotatable bonds is 3. The molecule has 1 aliphatic carbocycles. The van der Waals surface area contributed by atoms with E-state index in [1.54, 1.807) is 0 Å². The normalized spacial score (nSPS) is 26.0. The molecule has 1 aromatic rings. The van der Waals surface area contributed by atoms with Crippen molar-refractivity contribution < 1.29 is 9.53 Å². The van der Waals surface area contributed by atoms with Gasteiger partial charge in [0.15, 0.2) is 0 Å². The summed E-state index contributed by atoms with van der Waals surface area (Å²) < 4.78 is 5.39. The molecule has 4 rings (SSSR count). The Morgan fingerprint density at radius 1 is 1.16 bits per heavy atom. The molecule has 0 bridgehead atoms. The van der Waals surface area contributed by atoms with Gasteiger partial charge in [0.25, 0.3) is 0 Å². The molecular weight excluding hydrogens is 312 g/mol. The number of hydrogen-bond acceptors (Lipinski definition) is 3. The van der Waals surface area contributed by atoms with E-state index in [-0.39, 0.29) is 0 Å². The van der Waals surface area contributed by atoms with Crippen LogP contribution in [0.5, 0.6) is 0 Å². The molecule has 1 amide bonds. The zero-order valence-electron chi connectivity index (χ0n) is 15.4. The molecule has 0 unspecified atom stereocenters. The molecule has 0 radical (unpaired) electrons. The Bertz CT molecular complexity index is 616. The number of amides is 1. The lowest BCUT2D eigenvalue weighted by Crippen LogP contribution is -2.42. The van der Waals surface area contributed by atoms with Crippen LogP contribution in [-0.4, -0.2) is 61.6 Å². The molecule has 1 aromatic carbocycles. The SMILES string of the molecule is CCN1CCC2(CC1)C[C@H](CC(=O)N1CCOCC1)c1ccccc12. The van der Waals surface area contributed by atoms with Gasteiger partial charge < -0.3 is 14.5 Å². The fraction of sp³-hybridized carbons (Fsp3) is 0.667. The molecule has 136 valence electrons. The molecule has 25 heavy (non-hydrogen) atoms. The van der Waals surface area contributed by atoms with Crippen LogP contribution in [0.25, 0.3) is 0 Å². The quantitative estimate of drug-likeness (QED) is 0.847. The number of carbonyl (C=O) groups excluding carboxylic acids is 1. The van der Waals surface area contributed by atoms with E-state index < -0.39 is 0 Å². The van der Waals surface area contributed by atoms with Crippen LogP contribution in [0.2, 0.25) is 0 Å². The van der Waals surface area contributed by atoms with Crippen molar-refractivity contribution in [3.05, 3.63) is 35.4 Å². The van der Waals surface area contributed by atoms with Crippen LogP contribution in [0.3, 0.4) is 0 Å². The maximum Gasteiger partial charge on any atom is 0.223 e. The summed E-state index contributed by atoms with van der Waals surface area (Å²) in [5.74, 6) is 0.700. The summed E-state index contributed by atoms with van der Waals surface area (Å²) in [4.78, 5) is 17.3. The number of benzene rings is 1. The largest absolute Gasteiger partial charge is 0.378 e. The first-order chi connectivity index (χ1) is 12.2. The number of hydrogen-bond donors (Lipinski definition) is 0. The molecule has 4 nitrogen and oxygen atoms in total. The van der Waals surface area contributed by atoms with Crippen LogP contribution in [0.1, 0.15) is 49.7 Å². The van der Waals surface area contributed by atoms with Crippen LogP contribution in [0.15, 0.2) is 24.3 Å². The second-order valence-corrected chi connectivity index (χ2v) is 7.90. The molecule has 2 heterocycles. The smallest absolute Gasteiger partial charge is 0.223 e. The molecule has 0 aromatic heterocycles. The summed E-state index contributed by atoms with van der Waals surface area (Å²) in [7, 11) is 0. The third-order valence-corrected chi connectivity index (χ3v) is 6.65. The molecule has 4 heteroatoms. The van der Waals surface area contributed by atoms with Crippen molar-refractivity contribution in [3.8, 4) is 0 Å². The Labute approximate surface area is 151 Å². The molecule has 2 saturated heterocycles. The fourth-order valence-electron chi connectivity index (χ4n) is 5.13. The van der Waals surface area contributed by atoms with Crippen LogP contribution in [0.4, 0.5) is 0 Å². The maximum atomic E-state index is 12.8. The number of fused-ring (bicyclic) bond motifs is 2. The van der Waals surface area contributed by atoms with Crippen molar-refractivity contribution in [2.24, 2.45) is 0 Å². The number of morpholine rings is 1. The van der Waals surface area contributed by atoms with Crippen molar-refractivity contribution in [2.45, 2.75) is 43.9 Å². The number of ether oxygens (including phenoxy) is 1. The predicted octanol–water partition coefficient (Wildman–Crippen LogP) is 2.78. The summed E-state index contributed by atoms with van der Waals surface area (Å²) in [5, 5.41) is 0. The third-order valence-electron chi connectivity index (χ3n) is 6.65. The summed E-state index contributed by atoms with van der Waals surface area (Å²) in [6.45, 7) is 8.66. The average molecular weight is 342 g/mol. The lowest BCUT2D eigenvalue weighted by atomic mass is 9.73. The van der Waals surface area contributed by atoms with Gasteiger partial charge in [0.2, 0.25) is 5.91 Å². The van der Waals surface area contributed by atoms with E-state index in [1.807, 2.05) is 4.90 Å². The van der Waals surface area contributed by atoms with Gasteiger partial charge in [-0.05, 0) is 61.4 Å². The van der Waals surface area contributed by atoms with Crippen molar-refractivity contribution in [3.63, 3.8) is 0 Å². The predicted molar refractivity (Wildman–Crippen MR) is 98.8 cm³/mol. The van der Waals surface area contributed by atoms with Crippen LogP contribution in [-0.2, 0) is 14.9 Å². The van der Waals surface area contributed by atoms with Gasteiger partial charge in [-0.1, -0.05) is 31.2 Å². The van der Waals surface area contributed by atoms with Gasteiger partial charge in [0.05, 0.1) is 13.2 Å². The maximum absolute atomic E-state index is 12.8. The van der Waals surface area contributed by atoms with Gasteiger partial charge in [-0.25, -0.2) is 0 Å². The van der Waals surface area contributed by atoms with E-state index >= 15 is 0 Å². The number of carbonyl (C=O) groups is 1. The van der Waals surface area contributed by atoms with E-state index in [9.17, 15) is 4.79 Å². The highest BCUT2D eigenvalue weighted by atomic mass is 16.5. The summed E-state index contributed by atoms with van der Waals surface area (Å²) in [6, 6.07) is 8.92. The second kappa shape index (κ2) is 7.08. The second-order valence-electron chi connectivity index (χ2n) is 7.90. The van der Waals surface area contributed by atoms with Crippen molar-refractivity contribution >= 4 is 5.91 Å². The summed E-state index contributed by atoms with van der Waals surface area (Å²) >= 11 is 0. The van der Waals surface area contributed by atoms with E-state index in [2.05, 4.69) is 36.1 Å². The lowest BCUT2D eigenvalue weighted by molar-refractivity contribution is -0.135. The van der Waals surface area contributed by atoms with Crippen molar-refractivity contribution in [1.82, 2.24) is 9.80 Å². The topological polar surface area (TPSA) is 32.8 Å². The Kier molecular flexibility index (Phi) is 4.83. The first-order valence-corrected chi connectivity index (χ1v) is 9.89. The van der Waals surface area contributed by atoms with Crippen molar-refractivity contribution in [1.29, 1.82) is 0 Å². The molecular formula is C21H30N2O2. The van der Waals surface area contributed by atoms with Gasteiger partial charge in [-0.15, -0.1) is 0 Å². The van der Waals surface area contributed by atoms with Gasteiger partial charge in [-0.2, -0.15) is 0 Å². The molecule has 0 N–H and O–H groups in total. The zero-order valence-corrected chi connectivity index (χ0v) is 15.4. The Morgan fingerprint density at radius 2 is 1.88 bits per heavy atom. The highest BCUT2D eigenvalue weighted by Crippen LogP contribution is 2.52. The van der Waals surface area contributed by atoms with E-state index in [4.69, 9.17) is 4.74 Å². The zero-order chi connectivity index (χ0) is 17.3. The number of likely N-dealkylation sites (tertiary alicyclic amines) is 1. The monoisotopic (exact) mass is 342 g/mol. The van der Waals surface area contributed by atoms with Gasteiger partial charge in [0, 0.05) is 19.5 Å². The van der Waals surface area contributed by atoms with Gasteiger partial charge in [0.1, 0.15) is 0 Å². The highest BCUT2D eigenvalue weighted by molar-refractivity contribution is 5.77. The average Bonchev–Trinajstić information content (AvgIpc) is 2.97. The standard InChI is InChI=1S/C21H30N2O2/c1-2-22-9-7-21(8-10-22)16-17(18-5-3-4-6-19(18)21)15-20(24)23-11-13-25-14-12-23/h3-6,17H,2,7-16H2,1H3/t17-/m0/s1. The Balaban J connectivity index is 1.51. The Hall–Kier alpha value is -1.39. The molecule has 1 spiro atoms. The van der Waals surface area contributed by atoms with E-state index in [0.29, 0.717) is 36.9 Å². The van der Waals surface area contributed by atoms with Gasteiger partial charge >= 0.3 is 0 Å². The summed E-state index contributed by atoms with van der Waals surface area (Å²) in [5.41, 5.74) is 3.28. The van der Waals surface area contributed by atoms with E-state index in [1.165, 1.54) is 37.1 Å². The van der Waals surface area contributed by atoms with E-state index in [0.717, 1.165) is 26.1 Å². The minimum atomic E-state index is 0.304. The minimum absolute atomic E-state index is 0.304. The molecule has 2 aliphatic heterocycles. The fourth-order valence-corrected chi connectivity index (χ4v) is 5.13. The summed E-state index contributed by atoms with van der Waals surface area (Å²) in [6.07, 6.45) is 4.29. The first-order valence-electron chi connectivity index (χ1n) is 9.89. The van der Waals surface area contributed by atoms with Crippen LogP contribution < -0.4 is 0 Å². The Morgan fingerprint density at radius 3 is 2.60 bits per heavy atom. The number of piperidine rings is 1. The highest BCUT2D eigenvalue weighted by Gasteiger charge is 2.45. The van der Waals surface area contributed by atoms with Crippen LogP contribution in [0, 0.1) is 0 Å². The molecule has 0 saturated carbocycles. The van der Waals surface area contributed by atoms with Gasteiger partial charge in [-0.3, -0.25) is 4.79 Å².